The van der Waals surface area contributed by atoms with Crippen molar-refractivity contribution in [2.24, 2.45) is 0 Å². The number of ether oxygens (including phenoxy) is 2. The first kappa shape index (κ1) is 18.3. The summed E-state index contributed by atoms with van der Waals surface area (Å²) in [6.07, 6.45) is 0.633. The molecule has 22 heavy (non-hydrogen) atoms. The predicted octanol–water partition coefficient (Wildman–Crippen LogP) is 4.03. The van der Waals surface area contributed by atoms with Crippen LogP contribution < -0.4 is 0 Å². The molecule has 0 saturated heterocycles. The number of benzene rings is 1. The molecule has 7 heteroatoms. The number of rotatable bonds is 5. The molecule has 0 bridgehead atoms. The van der Waals surface area contributed by atoms with Gasteiger partial charge in [0.15, 0.2) is 0 Å². The number of amides is 1. The van der Waals surface area contributed by atoms with E-state index in [0.717, 1.165) is 0 Å². The molecule has 0 N–H and O–H groups in total. The fourth-order valence-electron chi connectivity index (χ4n) is 1.47. The summed E-state index contributed by atoms with van der Waals surface area (Å²) in [5, 5.41) is 0.823. The number of halogens is 2. The first-order valence-electron chi connectivity index (χ1n) is 6.54. The zero-order valence-corrected chi connectivity index (χ0v) is 14.1. The molecule has 0 fully saturated rings. The molecule has 1 amide bonds. The van der Waals surface area contributed by atoms with Gasteiger partial charge >= 0.3 is 12.1 Å². The summed E-state index contributed by atoms with van der Waals surface area (Å²) in [5.74, 6) is -0.510. The van der Waals surface area contributed by atoms with Crippen LogP contribution in [0.4, 0.5) is 4.79 Å². The fraction of sp³-hybridized carbons (Fsp3) is 0.333. The van der Waals surface area contributed by atoms with Crippen molar-refractivity contribution in [3.63, 3.8) is 0 Å². The van der Waals surface area contributed by atoms with Crippen LogP contribution in [0.3, 0.4) is 0 Å². The van der Waals surface area contributed by atoms with E-state index >= 15 is 0 Å². The van der Waals surface area contributed by atoms with Crippen molar-refractivity contribution >= 4 is 35.3 Å². The second-order valence-electron chi connectivity index (χ2n) is 4.40. The first-order chi connectivity index (χ1) is 10.3. The topological polar surface area (TPSA) is 55.8 Å². The Balaban J connectivity index is 2.60. The van der Waals surface area contributed by atoms with Gasteiger partial charge in [0.1, 0.15) is 6.61 Å². The normalized spacial score (nSPS) is 11.0. The quantitative estimate of drug-likeness (QED) is 0.597. The van der Waals surface area contributed by atoms with Gasteiger partial charge in [0.25, 0.3) is 0 Å². The summed E-state index contributed by atoms with van der Waals surface area (Å²) in [6.45, 7) is 3.63. The van der Waals surface area contributed by atoms with Crippen molar-refractivity contribution in [2.75, 3.05) is 13.7 Å². The summed E-state index contributed by atoms with van der Waals surface area (Å²) in [6, 6.07) is 4.96. The molecule has 120 valence electrons. The Morgan fingerprint density at radius 3 is 2.50 bits per heavy atom. The van der Waals surface area contributed by atoms with E-state index in [-0.39, 0.29) is 13.2 Å². The van der Waals surface area contributed by atoms with Crippen molar-refractivity contribution in [2.45, 2.75) is 20.5 Å². The number of allylic oxidation sites excluding steroid dienone is 1. The van der Waals surface area contributed by atoms with Crippen LogP contribution >= 0.6 is 23.2 Å². The SMILES string of the molecule is CCOC(=O)C=C(C)N(C)C(=O)OCc1ccc(Cl)c(Cl)c1. The van der Waals surface area contributed by atoms with E-state index in [9.17, 15) is 9.59 Å². The van der Waals surface area contributed by atoms with E-state index in [1.54, 1.807) is 32.0 Å². The summed E-state index contributed by atoms with van der Waals surface area (Å²) in [4.78, 5) is 24.4. The van der Waals surface area contributed by atoms with Gasteiger partial charge in [0.2, 0.25) is 0 Å². The number of nitrogens with zero attached hydrogens (tertiary/aromatic N) is 1. The average Bonchev–Trinajstić information content (AvgIpc) is 2.47. The molecule has 0 saturated carbocycles. The highest BCUT2D eigenvalue weighted by Crippen LogP contribution is 2.23. The van der Waals surface area contributed by atoms with E-state index in [4.69, 9.17) is 32.7 Å². The zero-order chi connectivity index (χ0) is 16.7. The molecule has 5 nitrogen and oxygen atoms in total. The number of carbonyl (C=O) groups is 2. The lowest BCUT2D eigenvalue weighted by molar-refractivity contribution is -0.137. The molecule has 0 radical (unpaired) electrons. The maximum atomic E-state index is 11.9. The molecular formula is C15H17Cl2NO4. The summed E-state index contributed by atoms with van der Waals surface area (Å²) in [5.41, 5.74) is 1.13. The standard InChI is InChI=1S/C15H17Cl2NO4/c1-4-21-14(19)7-10(2)18(3)15(20)22-9-11-5-6-12(16)13(17)8-11/h5-8H,4,9H2,1-3H3. The molecule has 0 heterocycles. The Bertz CT molecular complexity index is 587. The summed E-state index contributed by atoms with van der Waals surface area (Å²) >= 11 is 11.7. The van der Waals surface area contributed by atoms with Gasteiger partial charge in [-0.15, -0.1) is 0 Å². The maximum Gasteiger partial charge on any atom is 0.414 e. The van der Waals surface area contributed by atoms with Gasteiger partial charge in [-0.05, 0) is 31.5 Å². The molecule has 0 spiro atoms. The number of hydrogen-bond acceptors (Lipinski definition) is 4. The van der Waals surface area contributed by atoms with Crippen molar-refractivity contribution in [1.29, 1.82) is 0 Å². The monoisotopic (exact) mass is 345 g/mol. The number of carbonyl (C=O) groups excluding carboxylic acids is 2. The van der Waals surface area contributed by atoms with E-state index in [2.05, 4.69) is 0 Å². The lowest BCUT2D eigenvalue weighted by atomic mass is 10.2. The summed E-state index contributed by atoms with van der Waals surface area (Å²) < 4.78 is 9.91. The zero-order valence-electron chi connectivity index (χ0n) is 12.6. The molecule has 0 atom stereocenters. The van der Waals surface area contributed by atoms with Gasteiger partial charge < -0.3 is 9.47 Å². The average molecular weight is 346 g/mol. The predicted molar refractivity (Wildman–Crippen MR) is 84.8 cm³/mol. The minimum atomic E-state index is -0.593. The van der Waals surface area contributed by atoms with E-state index < -0.39 is 12.1 Å². The molecular weight excluding hydrogens is 329 g/mol. The third kappa shape index (κ3) is 5.58. The van der Waals surface area contributed by atoms with Gasteiger partial charge in [0, 0.05) is 18.8 Å². The second-order valence-corrected chi connectivity index (χ2v) is 5.21. The van der Waals surface area contributed by atoms with Crippen LogP contribution in [0, 0.1) is 0 Å². The highest BCUT2D eigenvalue weighted by atomic mass is 35.5. The van der Waals surface area contributed by atoms with Crippen LogP contribution in [0.1, 0.15) is 19.4 Å². The molecule has 1 rings (SSSR count). The van der Waals surface area contributed by atoms with Crippen LogP contribution in [0.5, 0.6) is 0 Å². The second kappa shape index (κ2) is 8.66. The lowest BCUT2D eigenvalue weighted by Crippen LogP contribution is -2.26. The van der Waals surface area contributed by atoms with Crippen LogP contribution in [-0.4, -0.2) is 30.6 Å². The number of esters is 1. The summed E-state index contributed by atoms with van der Waals surface area (Å²) in [7, 11) is 1.50. The maximum absolute atomic E-state index is 11.9. The molecule has 0 unspecified atom stereocenters. The first-order valence-corrected chi connectivity index (χ1v) is 7.30. The third-order valence-corrected chi connectivity index (χ3v) is 3.50. The highest BCUT2D eigenvalue weighted by Gasteiger charge is 2.13. The van der Waals surface area contributed by atoms with Crippen molar-refractivity contribution in [1.82, 2.24) is 4.90 Å². The largest absolute Gasteiger partial charge is 0.463 e. The van der Waals surface area contributed by atoms with Gasteiger partial charge in [0.05, 0.1) is 16.7 Å². The van der Waals surface area contributed by atoms with Crippen molar-refractivity contribution in [3.05, 3.63) is 45.6 Å². The fourth-order valence-corrected chi connectivity index (χ4v) is 1.79. The molecule has 0 aliphatic heterocycles. The van der Waals surface area contributed by atoms with Gasteiger partial charge in [-0.25, -0.2) is 9.59 Å². The van der Waals surface area contributed by atoms with Gasteiger partial charge in [-0.1, -0.05) is 29.3 Å². The van der Waals surface area contributed by atoms with Crippen molar-refractivity contribution < 1.29 is 19.1 Å². The van der Waals surface area contributed by atoms with Crippen LogP contribution in [0.25, 0.3) is 0 Å². The van der Waals surface area contributed by atoms with Crippen LogP contribution in [-0.2, 0) is 20.9 Å². The van der Waals surface area contributed by atoms with Gasteiger partial charge in [-0.2, -0.15) is 0 Å². The smallest absolute Gasteiger partial charge is 0.414 e. The minimum Gasteiger partial charge on any atom is -0.463 e. The van der Waals surface area contributed by atoms with Crippen LogP contribution in [0.2, 0.25) is 10.0 Å². The van der Waals surface area contributed by atoms with Crippen LogP contribution in [0.15, 0.2) is 30.0 Å². The Kier molecular flexibility index (Phi) is 7.21. The lowest BCUT2D eigenvalue weighted by Gasteiger charge is -2.17. The number of hydrogen-bond donors (Lipinski definition) is 0. The minimum absolute atomic E-state index is 0.0484. The van der Waals surface area contributed by atoms with Gasteiger partial charge in [-0.3, -0.25) is 4.90 Å². The van der Waals surface area contributed by atoms with Crippen molar-refractivity contribution in [3.8, 4) is 0 Å². The molecule has 0 aliphatic carbocycles. The molecule has 0 aromatic heterocycles. The Morgan fingerprint density at radius 2 is 1.91 bits per heavy atom. The highest BCUT2D eigenvalue weighted by molar-refractivity contribution is 6.42. The third-order valence-electron chi connectivity index (χ3n) is 2.76. The molecule has 0 aliphatic rings. The van der Waals surface area contributed by atoms with E-state index in [0.29, 0.717) is 21.3 Å². The van der Waals surface area contributed by atoms with E-state index in [1.807, 2.05) is 0 Å². The molecule has 1 aromatic carbocycles. The Hall–Kier alpha value is -1.72. The molecule has 1 aromatic rings. The Labute approximate surface area is 139 Å². The van der Waals surface area contributed by atoms with E-state index in [1.165, 1.54) is 18.0 Å². The Morgan fingerprint density at radius 1 is 1.23 bits per heavy atom.